The molecule has 3 rings (SSSR count). The van der Waals surface area contributed by atoms with E-state index in [4.69, 9.17) is 4.74 Å². The molecule has 0 atom stereocenters. The molecule has 0 saturated carbocycles. The predicted molar refractivity (Wildman–Crippen MR) is 95.5 cm³/mol. The monoisotopic (exact) mass is 335 g/mol. The Morgan fingerprint density at radius 1 is 0.880 bits per heavy atom. The summed E-state index contributed by atoms with van der Waals surface area (Å²) in [7, 11) is 0. The van der Waals surface area contributed by atoms with E-state index in [9.17, 15) is 15.0 Å². The summed E-state index contributed by atoms with van der Waals surface area (Å²) in [4.78, 5) is 12.2. The molecule has 3 N–H and O–H groups in total. The van der Waals surface area contributed by atoms with Gasteiger partial charge in [-0.3, -0.25) is 4.79 Å². The van der Waals surface area contributed by atoms with E-state index in [0.29, 0.717) is 17.0 Å². The fraction of sp³-hybridized carbons (Fsp3) is 0.0500. The summed E-state index contributed by atoms with van der Waals surface area (Å²) >= 11 is 0. The minimum atomic E-state index is -0.388. The lowest BCUT2D eigenvalue weighted by Gasteiger charge is -2.15. The van der Waals surface area contributed by atoms with Crippen LogP contribution in [0, 0.1) is 0 Å². The molecule has 3 aromatic carbocycles. The molecule has 5 heteroatoms. The smallest absolute Gasteiger partial charge is 0.203 e. The molecule has 0 bridgehead atoms. The van der Waals surface area contributed by atoms with E-state index in [1.54, 1.807) is 54.6 Å². The van der Waals surface area contributed by atoms with E-state index >= 15 is 0 Å². The van der Waals surface area contributed by atoms with Gasteiger partial charge in [0.25, 0.3) is 0 Å². The molecular formula is C20H17NO4. The summed E-state index contributed by atoms with van der Waals surface area (Å²) in [6, 6.07) is 20.7. The standard InChI is InChI=1S/C20H17NO4/c22-17-12-11-16(21-13-18(23)14-7-3-1-4-8-14)20(19(17)24)25-15-9-5-2-6-10-15/h1-12,21-22,24H,13H2. The number of benzene rings is 3. The highest BCUT2D eigenvalue weighted by Gasteiger charge is 2.16. The lowest BCUT2D eigenvalue weighted by molar-refractivity contribution is 0.101. The SMILES string of the molecule is O=C(CNc1ccc(O)c(O)c1Oc1ccccc1)c1ccccc1. The molecule has 0 amide bonds. The zero-order valence-electron chi connectivity index (χ0n) is 13.3. The van der Waals surface area contributed by atoms with Crippen LogP contribution in [-0.2, 0) is 0 Å². The largest absolute Gasteiger partial charge is 0.504 e. The highest BCUT2D eigenvalue weighted by atomic mass is 16.5. The molecule has 0 aliphatic rings. The number of ether oxygens (including phenoxy) is 1. The molecule has 25 heavy (non-hydrogen) atoms. The van der Waals surface area contributed by atoms with Crippen molar-refractivity contribution in [3.05, 3.63) is 78.4 Å². The number of hydrogen-bond acceptors (Lipinski definition) is 5. The molecule has 126 valence electrons. The van der Waals surface area contributed by atoms with Crippen molar-refractivity contribution in [1.82, 2.24) is 0 Å². The number of rotatable bonds is 6. The highest BCUT2D eigenvalue weighted by molar-refractivity contribution is 5.99. The number of Topliss-reactive ketones (excluding diaryl/α,β-unsaturated/α-hetero) is 1. The van der Waals surface area contributed by atoms with Crippen molar-refractivity contribution < 1.29 is 19.7 Å². The number of phenolic OH excluding ortho intramolecular Hbond substituents is 2. The van der Waals surface area contributed by atoms with Crippen LogP contribution in [0.15, 0.2) is 72.8 Å². The lowest BCUT2D eigenvalue weighted by atomic mass is 10.1. The number of anilines is 1. The molecule has 0 aliphatic carbocycles. The van der Waals surface area contributed by atoms with Gasteiger partial charge in [-0.1, -0.05) is 48.5 Å². The van der Waals surface area contributed by atoms with Gasteiger partial charge in [0.1, 0.15) is 5.75 Å². The van der Waals surface area contributed by atoms with Crippen LogP contribution in [0.1, 0.15) is 10.4 Å². The average Bonchev–Trinajstić information content (AvgIpc) is 2.66. The Bertz CT molecular complexity index is 864. The topological polar surface area (TPSA) is 78.8 Å². The zero-order chi connectivity index (χ0) is 17.6. The van der Waals surface area contributed by atoms with Crippen molar-refractivity contribution in [2.75, 3.05) is 11.9 Å². The number of nitrogens with one attached hydrogen (secondary N) is 1. The van der Waals surface area contributed by atoms with Crippen molar-refractivity contribution in [2.45, 2.75) is 0 Å². The fourth-order valence-electron chi connectivity index (χ4n) is 2.31. The predicted octanol–water partition coefficient (Wildman–Crippen LogP) is 4.18. The van der Waals surface area contributed by atoms with Gasteiger partial charge in [-0.2, -0.15) is 0 Å². The first kappa shape index (κ1) is 16.4. The third-order valence-electron chi connectivity index (χ3n) is 3.61. The van der Waals surface area contributed by atoms with Crippen LogP contribution in [0.5, 0.6) is 23.0 Å². The van der Waals surface area contributed by atoms with E-state index in [0.717, 1.165) is 0 Å². The first-order valence-corrected chi connectivity index (χ1v) is 7.75. The molecule has 0 aromatic heterocycles. The Balaban J connectivity index is 1.81. The van der Waals surface area contributed by atoms with Crippen LogP contribution in [0.3, 0.4) is 0 Å². The van der Waals surface area contributed by atoms with E-state index in [1.165, 1.54) is 6.07 Å². The Labute approximate surface area is 145 Å². The van der Waals surface area contributed by atoms with E-state index in [1.807, 2.05) is 12.1 Å². The van der Waals surface area contributed by atoms with Crippen molar-refractivity contribution in [2.24, 2.45) is 0 Å². The summed E-state index contributed by atoms with van der Waals surface area (Å²) in [5.74, 6) is -0.224. The zero-order valence-corrected chi connectivity index (χ0v) is 13.3. The van der Waals surface area contributed by atoms with E-state index in [-0.39, 0.29) is 29.6 Å². The Morgan fingerprint density at radius 3 is 2.20 bits per heavy atom. The Hall–Kier alpha value is -3.47. The second-order valence-electron chi connectivity index (χ2n) is 5.37. The number of para-hydroxylation sites is 1. The van der Waals surface area contributed by atoms with Crippen molar-refractivity contribution >= 4 is 11.5 Å². The summed E-state index contributed by atoms with van der Waals surface area (Å²) in [5, 5.41) is 22.8. The Kier molecular flexibility index (Phi) is 4.85. The fourth-order valence-corrected chi connectivity index (χ4v) is 2.31. The number of aromatic hydroxyl groups is 2. The second kappa shape index (κ2) is 7.40. The summed E-state index contributed by atoms with van der Waals surface area (Å²) in [6.07, 6.45) is 0. The second-order valence-corrected chi connectivity index (χ2v) is 5.37. The third-order valence-corrected chi connectivity index (χ3v) is 3.61. The van der Waals surface area contributed by atoms with Gasteiger partial charge in [0.05, 0.1) is 12.2 Å². The number of phenols is 2. The minimum Gasteiger partial charge on any atom is -0.504 e. The summed E-state index contributed by atoms with van der Waals surface area (Å²) in [6.45, 7) is 0.0272. The molecule has 0 spiro atoms. The van der Waals surface area contributed by atoms with Crippen molar-refractivity contribution in [1.29, 1.82) is 0 Å². The van der Waals surface area contributed by atoms with Gasteiger partial charge in [0, 0.05) is 5.56 Å². The van der Waals surface area contributed by atoms with Crippen LogP contribution < -0.4 is 10.1 Å². The quantitative estimate of drug-likeness (QED) is 0.358. The normalized spacial score (nSPS) is 10.2. The first-order valence-electron chi connectivity index (χ1n) is 7.75. The van der Waals surface area contributed by atoms with Gasteiger partial charge >= 0.3 is 0 Å². The van der Waals surface area contributed by atoms with Crippen LogP contribution >= 0.6 is 0 Å². The number of carbonyl (C=O) groups is 1. The molecule has 0 aliphatic heterocycles. The van der Waals surface area contributed by atoms with Gasteiger partial charge in [0.15, 0.2) is 17.3 Å². The lowest BCUT2D eigenvalue weighted by Crippen LogP contribution is -2.14. The molecule has 0 saturated heterocycles. The number of carbonyl (C=O) groups excluding carboxylic acids is 1. The molecule has 3 aromatic rings. The van der Waals surface area contributed by atoms with Crippen molar-refractivity contribution in [3.63, 3.8) is 0 Å². The van der Waals surface area contributed by atoms with Crippen LogP contribution in [-0.4, -0.2) is 22.5 Å². The maximum absolute atomic E-state index is 12.2. The molecule has 0 unspecified atom stereocenters. The first-order chi connectivity index (χ1) is 12.1. The van der Waals surface area contributed by atoms with Gasteiger partial charge in [-0.25, -0.2) is 0 Å². The Morgan fingerprint density at radius 2 is 1.52 bits per heavy atom. The molecule has 0 fully saturated rings. The average molecular weight is 335 g/mol. The van der Waals surface area contributed by atoms with E-state index < -0.39 is 0 Å². The molecule has 5 nitrogen and oxygen atoms in total. The summed E-state index contributed by atoms with van der Waals surface area (Å²) in [5.41, 5.74) is 0.993. The van der Waals surface area contributed by atoms with Crippen LogP contribution in [0.4, 0.5) is 5.69 Å². The maximum atomic E-state index is 12.2. The third kappa shape index (κ3) is 3.90. The van der Waals surface area contributed by atoms with Gasteiger partial charge < -0.3 is 20.3 Å². The molecular weight excluding hydrogens is 318 g/mol. The number of hydrogen-bond donors (Lipinski definition) is 3. The summed E-state index contributed by atoms with van der Waals surface area (Å²) < 4.78 is 5.68. The van der Waals surface area contributed by atoms with E-state index in [2.05, 4.69) is 5.32 Å². The number of ketones is 1. The van der Waals surface area contributed by atoms with Gasteiger partial charge in [0.2, 0.25) is 5.75 Å². The van der Waals surface area contributed by atoms with Crippen LogP contribution in [0.2, 0.25) is 0 Å². The maximum Gasteiger partial charge on any atom is 0.203 e. The molecule has 0 heterocycles. The minimum absolute atomic E-state index is 0.0272. The van der Waals surface area contributed by atoms with Gasteiger partial charge in [-0.05, 0) is 24.3 Å². The highest BCUT2D eigenvalue weighted by Crippen LogP contribution is 2.43. The molecule has 0 radical (unpaired) electrons. The van der Waals surface area contributed by atoms with Crippen LogP contribution in [0.25, 0.3) is 0 Å². The van der Waals surface area contributed by atoms with Gasteiger partial charge in [-0.15, -0.1) is 0 Å². The van der Waals surface area contributed by atoms with Crippen molar-refractivity contribution in [3.8, 4) is 23.0 Å².